The Hall–Kier alpha value is -1.77. The zero-order chi connectivity index (χ0) is 11.7. The molecule has 3 nitrogen and oxygen atoms in total. The summed E-state index contributed by atoms with van der Waals surface area (Å²) in [4.78, 5) is 0. The Balaban J connectivity index is 2.55. The van der Waals surface area contributed by atoms with E-state index in [1.165, 1.54) is 10.2 Å². The Morgan fingerprint density at radius 3 is 2.44 bits per heavy atom. The zero-order valence-electron chi connectivity index (χ0n) is 9.86. The topological polar surface area (TPSA) is 38.0 Å². The van der Waals surface area contributed by atoms with Gasteiger partial charge in [-0.2, -0.15) is 5.10 Å². The van der Waals surface area contributed by atoms with Crippen LogP contribution in [0.1, 0.15) is 18.1 Å². The fourth-order valence-electron chi connectivity index (χ4n) is 1.83. The first-order chi connectivity index (χ1) is 7.63. The lowest BCUT2D eigenvalue weighted by Gasteiger charge is -2.00. The minimum Gasteiger partial charge on any atom is -0.493 e. The van der Waals surface area contributed by atoms with Gasteiger partial charge in [0.2, 0.25) is 5.88 Å². The normalized spacial score (nSPS) is 10.7. The molecule has 0 aliphatic carbocycles. The van der Waals surface area contributed by atoms with E-state index >= 15 is 0 Å². The molecule has 2 rings (SSSR count). The average molecular weight is 216 g/mol. The van der Waals surface area contributed by atoms with Gasteiger partial charge in [0.15, 0.2) is 0 Å². The molecule has 0 radical (unpaired) electrons. The van der Waals surface area contributed by atoms with Crippen LogP contribution in [0.25, 0.3) is 11.3 Å². The van der Waals surface area contributed by atoms with Gasteiger partial charge in [-0.15, -0.1) is 0 Å². The molecule has 84 valence electrons. The van der Waals surface area contributed by atoms with Gasteiger partial charge in [-0.25, -0.2) is 4.68 Å². The van der Waals surface area contributed by atoms with Crippen molar-refractivity contribution < 1.29 is 5.11 Å². The summed E-state index contributed by atoms with van der Waals surface area (Å²) in [6, 6.07) is 8.19. The van der Waals surface area contributed by atoms with Gasteiger partial charge in [-0.3, -0.25) is 0 Å². The van der Waals surface area contributed by atoms with Crippen LogP contribution in [0.3, 0.4) is 0 Å². The van der Waals surface area contributed by atoms with Gasteiger partial charge in [0, 0.05) is 18.2 Å². The highest BCUT2D eigenvalue weighted by Crippen LogP contribution is 2.29. The van der Waals surface area contributed by atoms with Crippen LogP contribution in [0.15, 0.2) is 24.3 Å². The minimum absolute atomic E-state index is 0.262. The molecule has 16 heavy (non-hydrogen) atoms. The average Bonchev–Trinajstić information content (AvgIpc) is 2.56. The van der Waals surface area contributed by atoms with E-state index in [0.717, 1.165) is 23.2 Å². The molecule has 1 aromatic heterocycles. The minimum atomic E-state index is 0.262. The van der Waals surface area contributed by atoms with Crippen molar-refractivity contribution in [1.82, 2.24) is 9.78 Å². The number of rotatable bonds is 2. The van der Waals surface area contributed by atoms with Crippen molar-refractivity contribution in [2.75, 3.05) is 0 Å². The first-order valence-corrected chi connectivity index (χ1v) is 5.45. The molecule has 1 heterocycles. The Morgan fingerprint density at radius 1 is 1.25 bits per heavy atom. The predicted molar refractivity (Wildman–Crippen MR) is 64.4 cm³/mol. The number of aromatic hydroxyl groups is 1. The summed E-state index contributed by atoms with van der Waals surface area (Å²) in [6.07, 6.45) is 0.781. The van der Waals surface area contributed by atoms with Gasteiger partial charge in [-0.1, -0.05) is 36.8 Å². The summed E-state index contributed by atoms with van der Waals surface area (Å²) in [5.74, 6) is 0.262. The molecule has 1 N–H and O–H groups in total. The summed E-state index contributed by atoms with van der Waals surface area (Å²) >= 11 is 0. The third-order valence-corrected chi connectivity index (χ3v) is 2.79. The Labute approximate surface area is 95.3 Å². The number of benzene rings is 1. The van der Waals surface area contributed by atoms with Crippen molar-refractivity contribution in [1.29, 1.82) is 0 Å². The van der Waals surface area contributed by atoms with Crippen LogP contribution < -0.4 is 0 Å². The van der Waals surface area contributed by atoms with E-state index in [1.807, 2.05) is 19.1 Å². The number of aryl methyl sites for hydroxylation is 2. The summed E-state index contributed by atoms with van der Waals surface area (Å²) in [5, 5.41) is 14.2. The van der Waals surface area contributed by atoms with Gasteiger partial charge < -0.3 is 5.11 Å². The van der Waals surface area contributed by atoms with Gasteiger partial charge in [0.1, 0.15) is 0 Å². The number of hydrogen-bond acceptors (Lipinski definition) is 2. The van der Waals surface area contributed by atoms with E-state index in [1.54, 1.807) is 7.05 Å². The molecule has 3 heteroatoms. The molecular weight excluding hydrogens is 200 g/mol. The van der Waals surface area contributed by atoms with Gasteiger partial charge in [0.25, 0.3) is 0 Å². The van der Waals surface area contributed by atoms with E-state index in [4.69, 9.17) is 0 Å². The Morgan fingerprint density at radius 2 is 1.88 bits per heavy atom. The van der Waals surface area contributed by atoms with E-state index in [0.29, 0.717) is 0 Å². The second-order valence-corrected chi connectivity index (χ2v) is 3.99. The Kier molecular flexibility index (Phi) is 2.69. The van der Waals surface area contributed by atoms with E-state index in [-0.39, 0.29) is 5.88 Å². The SMILES string of the molecule is CCc1c(-c2ccc(C)cc2)nn(C)c1O. The third kappa shape index (κ3) is 1.69. The smallest absolute Gasteiger partial charge is 0.212 e. The molecule has 0 amide bonds. The molecule has 0 spiro atoms. The van der Waals surface area contributed by atoms with Crippen molar-refractivity contribution in [3.8, 4) is 17.1 Å². The quantitative estimate of drug-likeness (QED) is 0.838. The number of aromatic nitrogens is 2. The third-order valence-electron chi connectivity index (χ3n) is 2.79. The molecule has 0 saturated carbocycles. The molecule has 1 aromatic carbocycles. The zero-order valence-corrected chi connectivity index (χ0v) is 9.86. The fourth-order valence-corrected chi connectivity index (χ4v) is 1.83. The van der Waals surface area contributed by atoms with E-state index in [9.17, 15) is 5.11 Å². The highest BCUT2D eigenvalue weighted by molar-refractivity contribution is 5.65. The molecule has 0 saturated heterocycles. The molecule has 0 bridgehead atoms. The van der Waals surface area contributed by atoms with Crippen LogP contribution in [0.4, 0.5) is 0 Å². The molecule has 2 aromatic rings. The van der Waals surface area contributed by atoms with E-state index < -0.39 is 0 Å². The van der Waals surface area contributed by atoms with Crippen LogP contribution in [-0.2, 0) is 13.5 Å². The van der Waals surface area contributed by atoms with Gasteiger partial charge in [-0.05, 0) is 13.3 Å². The van der Waals surface area contributed by atoms with Crippen LogP contribution in [-0.4, -0.2) is 14.9 Å². The summed E-state index contributed by atoms with van der Waals surface area (Å²) < 4.78 is 1.52. The molecule has 0 aliphatic heterocycles. The molecule has 0 aliphatic rings. The van der Waals surface area contributed by atoms with E-state index in [2.05, 4.69) is 24.2 Å². The van der Waals surface area contributed by atoms with Crippen molar-refractivity contribution in [2.45, 2.75) is 20.3 Å². The maximum atomic E-state index is 9.83. The van der Waals surface area contributed by atoms with Crippen LogP contribution in [0.5, 0.6) is 5.88 Å². The first kappa shape index (κ1) is 10.7. The predicted octanol–water partition coefficient (Wildman–Crippen LogP) is 2.66. The summed E-state index contributed by atoms with van der Waals surface area (Å²) in [5.41, 5.74) is 4.06. The summed E-state index contributed by atoms with van der Waals surface area (Å²) in [7, 11) is 1.76. The molecule has 0 fully saturated rings. The largest absolute Gasteiger partial charge is 0.493 e. The maximum Gasteiger partial charge on any atom is 0.212 e. The first-order valence-electron chi connectivity index (χ1n) is 5.45. The van der Waals surface area contributed by atoms with Crippen LogP contribution >= 0.6 is 0 Å². The second kappa shape index (κ2) is 4.00. The highest BCUT2D eigenvalue weighted by Gasteiger charge is 2.14. The highest BCUT2D eigenvalue weighted by atomic mass is 16.3. The standard InChI is InChI=1S/C13H16N2O/c1-4-11-12(14-15(3)13(11)16)10-7-5-9(2)6-8-10/h5-8,16H,4H2,1-3H3. The lowest BCUT2D eigenvalue weighted by molar-refractivity contribution is 0.414. The molecule has 0 unspecified atom stereocenters. The fraction of sp³-hybridized carbons (Fsp3) is 0.308. The second-order valence-electron chi connectivity index (χ2n) is 3.99. The van der Waals surface area contributed by atoms with Crippen molar-refractivity contribution in [3.63, 3.8) is 0 Å². The van der Waals surface area contributed by atoms with Gasteiger partial charge in [0.05, 0.1) is 5.69 Å². The lowest BCUT2D eigenvalue weighted by atomic mass is 10.0. The summed E-state index contributed by atoms with van der Waals surface area (Å²) in [6.45, 7) is 4.08. The molecular formula is C13H16N2O. The monoisotopic (exact) mass is 216 g/mol. The van der Waals surface area contributed by atoms with Crippen LogP contribution in [0.2, 0.25) is 0 Å². The van der Waals surface area contributed by atoms with Crippen LogP contribution in [0, 0.1) is 6.92 Å². The van der Waals surface area contributed by atoms with Gasteiger partial charge >= 0.3 is 0 Å². The number of hydrogen-bond donors (Lipinski definition) is 1. The van der Waals surface area contributed by atoms with Crippen molar-refractivity contribution in [2.24, 2.45) is 7.05 Å². The lowest BCUT2D eigenvalue weighted by Crippen LogP contribution is -1.89. The van der Waals surface area contributed by atoms with Crippen molar-refractivity contribution >= 4 is 0 Å². The Bertz CT molecular complexity index is 497. The van der Waals surface area contributed by atoms with Crippen molar-refractivity contribution in [3.05, 3.63) is 35.4 Å². The number of nitrogens with zero attached hydrogens (tertiary/aromatic N) is 2. The maximum absolute atomic E-state index is 9.83. The molecule has 0 atom stereocenters.